The maximum atomic E-state index is 11.9. The minimum Gasteiger partial charge on any atom is -0.364 e. The SMILES string of the molecule is CCc1cccc(C)c1NC(=O)CSC(=S)N(C)C. The molecular weight excluding hydrogens is 276 g/mol. The Labute approximate surface area is 124 Å². The molecule has 0 bridgehead atoms. The van der Waals surface area contributed by atoms with Crippen LogP contribution in [-0.2, 0) is 11.2 Å². The topological polar surface area (TPSA) is 32.3 Å². The molecule has 1 aromatic rings. The molecule has 5 heteroatoms. The Bertz CT molecular complexity index is 473. The molecule has 0 saturated heterocycles. The third-order valence-corrected chi connectivity index (χ3v) is 4.43. The summed E-state index contributed by atoms with van der Waals surface area (Å²) in [5.74, 6) is 0.326. The van der Waals surface area contributed by atoms with Crippen molar-refractivity contribution in [2.24, 2.45) is 0 Å². The highest BCUT2D eigenvalue weighted by Crippen LogP contribution is 2.21. The maximum Gasteiger partial charge on any atom is 0.234 e. The first-order valence-electron chi connectivity index (χ1n) is 6.18. The van der Waals surface area contributed by atoms with Crippen LogP contribution < -0.4 is 5.32 Å². The fourth-order valence-corrected chi connectivity index (χ4v) is 2.40. The summed E-state index contributed by atoms with van der Waals surface area (Å²) in [7, 11) is 3.76. The molecule has 0 radical (unpaired) electrons. The van der Waals surface area contributed by atoms with E-state index in [1.54, 1.807) is 0 Å². The van der Waals surface area contributed by atoms with Gasteiger partial charge in [-0.2, -0.15) is 0 Å². The molecule has 0 saturated carbocycles. The third kappa shape index (κ3) is 4.84. The number of amides is 1. The van der Waals surface area contributed by atoms with Crippen molar-refractivity contribution in [3.63, 3.8) is 0 Å². The summed E-state index contributed by atoms with van der Waals surface area (Å²) in [6, 6.07) is 6.06. The highest BCUT2D eigenvalue weighted by molar-refractivity contribution is 8.23. The van der Waals surface area contributed by atoms with Crippen molar-refractivity contribution in [3.05, 3.63) is 29.3 Å². The number of thioether (sulfide) groups is 1. The van der Waals surface area contributed by atoms with E-state index in [1.807, 2.05) is 44.1 Å². The van der Waals surface area contributed by atoms with Gasteiger partial charge < -0.3 is 10.2 Å². The van der Waals surface area contributed by atoms with Crippen LogP contribution in [0, 0.1) is 6.92 Å². The van der Waals surface area contributed by atoms with Crippen molar-refractivity contribution in [2.45, 2.75) is 20.3 Å². The molecule has 1 aromatic carbocycles. The van der Waals surface area contributed by atoms with Gasteiger partial charge in [0.05, 0.1) is 5.75 Å². The first kappa shape index (κ1) is 16.0. The Balaban J connectivity index is 2.65. The second-order valence-corrected chi connectivity index (χ2v) is 6.07. The van der Waals surface area contributed by atoms with Crippen molar-refractivity contribution in [2.75, 3.05) is 25.2 Å². The van der Waals surface area contributed by atoms with Gasteiger partial charge in [0, 0.05) is 19.8 Å². The zero-order valence-electron chi connectivity index (χ0n) is 11.8. The lowest BCUT2D eigenvalue weighted by Gasteiger charge is -2.14. The number of aryl methyl sites for hydroxylation is 2. The molecule has 1 N–H and O–H groups in total. The zero-order chi connectivity index (χ0) is 14.4. The number of carbonyl (C=O) groups excluding carboxylic acids is 1. The van der Waals surface area contributed by atoms with Crippen molar-refractivity contribution in [3.8, 4) is 0 Å². The lowest BCUT2D eigenvalue weighted by atomic mass is 10.1. The smallest absolute Gasteiger partial charge is 0.234 e. The van der Waals surface area contributed by atoms with Gasteiger partial charge in [0.2, 0.25) is 5.91 Å². The minimum atomic E-state index is -0.0156. The second-order valence-electron chi connectivity index (χ2n) is 4.46. The Morgan fingerprint density at radius 2 is 2.11 bits per heavy atom. The van der Waals surface area contributed by atoms with Crippen molar-refractivity contribution >= 4 is 39.9 Å². The van der Waals surface area contributed by atoms with Crippen LogP contribution >= 0.6 is 24.0 Å². The highest BCUT2D eigenvalue weighted by atomic mass is 32.2. The summed E-state index contributed by atoms with van der Waals surface area (Å²) < 4.78 is 0.718. The number of para-hydroxylation sites is 1. The van der Waals surface area contributed by atoms with Gasteiger partial charge in [-0.25, -0.2) is 0 Å². The first-order valence-corrected chi connectivity index (χ1v) is 7.57. The molecule has 0 unspecified atom stereocenters. The van der Waals surface area contributed by atoms with Crippen molar-refractivity contribution in [1.82, 2.24) is 4.90 Å². The number of benzene rings is 1. The normalized spacial score (nSPS) is 10.1. The molecule has 0 heterocycles. The molecule has 104 valence electrons. The Hall–Kier alpha value is -1.07. The van der Waals surface area contributed by atoms with E-state index in [9.17, 15) is 4.79 Å². The quantitative estimate of drug-likeness (QED) is 0.866. The number of rotatable bonds is 4. The van der Waals surface area contributed by atoms with Gasteiger partial charge >= 0.3 is 0 Å². The standard InChI is InChI=1S/C14H20N2OS2/c1-5-11-8-6-7-10(2)13(11)15-12(17)9-19-14(18)16(3)4/h6-8H,5,9H2,1-4H3,(H,15,17). The monoisotopic (exact) mass is 296 g/mol. The minimum absolute atomic E-state index is 0.0156. The third-order valence-electron chi connectivity index (χ3n) is 2.70. The van der Waals surface area contributed by atoms with Crippen LogP contribution in [-0.4, -0.2) is 35.0 Å². The van der Waals surface area contributed by atoms with Gasteiger partial charge in [0.1, 0.15) is 4.32 Å². The number of anilines is 1. The lowest BCUT2D eigenvalue weighted by molar-refractivity contribution is -0.113. The van der Waals surface area contributed by atoms with Gasteiger partial charge in [-0.15, -0.1) is 0 Å². The molecule has 0 fully saturated rings. The van der Waals surface area contributed by atoms with Crippen LogP contribution in [0.5, 0.6) is 0 Å². The van der Waals surface area contributed by atoms with Crippen LogP contribution in [0.4, 0.5) is 5.69 Å². The van der Waals surface area contributed by atoms with Crippen LogP contribution in [0.25, 0.3) is 0 Å². The van der Waals surface area contributed by atoms with E-state index in [4.69, 9.17) is 12.2 Å². The fourth-order valence-electron chi connectivity index (χ4n) is 1.63. The largest absolute Gasteiger partial charge is 0.364 e. The molecular formula is C14H20N2OS2. The number of carbonyl (C=O) groups is 1. The van der Waals surface area contributed by atoms with E-state index < -0.39 is 0 Å². The van der Waals surface area contributed by atoms with Gasteiger partial charge in [-0.05, 0) is 24.5 Å². The molecule has 1 rings (SSSR count). The van der Waals surface area contributed by atoms with Gasteiger partial charge in [0.25, 0.3) is 0 Å². The summed E-state index contributed by atoms with van der Waals surface area (Å²) in [5.41, 5.74) is 3.19. The molecule has 0 spiro atoms. The predicted octanol–water partition coefficient (Wildman–Crippen LogP) is 3.08. The van der Waals surface area contributed by atoms with Crippen LogP contribution in [0.1, 0.15) is 18.1 Å². The average molecular weight is 296 g/mol. The maximum absolute atomic E-state index is 11.9. The van der Waals surface area contributed by atoms with Gasteiger partial charge in [0.15, 0.2) is 0 Å². The van der Waals surface area contributed by atoms with Gasteiger partial charge in [-0.3, -0.25) is 4.79 Å². The number of thiocarbonyl (C=S) groups is 1. The highest BCUT2D eigenvalue weighted by Gasteiger charge is 2.10. The van der Waals surface area contributed by atoms with E-state index in [1.165, 1.54) is 11.8 Å². The first-order chi connectivity index (χ1) is 8.95. The van der Waals surface area contributed by atoms with Crippen LogP contribution in [0.3, 0.4) is 0 Å². The number of hydrogen-bond acceptors (Lipinski definition) is 3. The van der Waals surface area contributed by atoms with Crippen molar-refractivity contribution < 1.29 is 4.79 Å². The number of nitrogens with zero attached hydrogens (tertiary/aromatic N) is 1. The summed E-state index contributed by atoms with van der Waals surface area (Å²) in [6.45, 7) is 4.09. The Morgan fingerprint density at radius 3 is 2.68 bits per heavy atom. The molecule has 1 amide bonds. The molecule has 19 heavy (non-hydrogen) atoms. The van der Waals surface area contributed by atoms with Crippen molar-refractivity contribution in [1.29, 1.82) is 0 Å². The Morgan fingerprint density at radius 1 is 1.42 bits per heavy atom. The molecule has 0 aliphatic heterocycles. The van der Waals surface area contributed by atoms with Crippen LogP contribution in [0.15, 0.2) is 18.2 Å². The second kappa shape index (κ2) is 7.50. The predicted molar refractivity (Wildman–Crippen MR) is 87.9 cm³/mol. The Kier molecular flexibility index (Phi) is 6.31. The number of nitrogens with one attached hydrogen (secondary N) is 1. The molecule has 0 aliphatic carbocycles. The van der Waals surface area contributed by atoms with Crippen LogP contribution in [0.2, 0.25) is 0 Å². The molecule has 3 nitrogen and oxygen atoms in total. The summed E-state index contributed by atoms with van der Waals surface area (Å²) in [5, 5.41) is 2.99. The fraction of sp³-hybridized carbons (Fsp3) is 0.429. The van der Waals surface area contributed by atoms with E-state index in [0.29, 0.717) is 5.75 Å². The number of hydrogen-bond donors (Lipinski definition) is 1. The summed E-state index contributed by atoms with van der Waals surface area (Å²) >= 11 is 6.52. The van der Waals surface area contributed by atoms with E-state index in [-0.39, 0.29) is 5.91 Å². The summed E-state index contributed by atoms with van der Waals surface area (Å²) in [6.07, 6.45) is 0.903. The average Bonchev–Trinajstić information content (AvgIpc) is 2.38. The molecule has 0 aliphatic rings. The lowest BCUT2D eigenvalue weighted by Crippen LogP contribution is -2.21. The molecule has 0 aromatic heterocycles. The molecule has 0 atom stereocenters. The van der Waals surface area contributed by atoms with E-state index in [0.717, 1.165) is 27.6 Å². The zero-order valence-corrected chi connectivity index (χ0v) is 13.5. The van der Waals surface area contributed by atoms with Gasteiger partial charge in [-0.1, -0.05) is 49.1 Å². The van der Waals surface area contributed by atoms with E-state index >= 15 is 0 Å². The van der Waals surface area contributed by atoms with E-state index in [2.05, 4.69) is 12.2 Å². The summed E-state index contributed by atoms with van der Waals surface area (Å²) in [4.78, 5) is 13.8.